The number of benzene rings is 1. The van der Waals surface area contributed by atoms with E-state index in [1.807, 2.05) is 0 Å². The highest BCUT2D eigenvalue weighted by Gasteiger charge is 2.32. The molecule has 0 fully saturated rings. The van der Waals surface area contributed by atoms with E-state index in [0.717, 1.165) is 12.3 Å². The van der Waals surface area contributed by atoms with Gasteiger partial charge in [0, 0.05) is 11.8 Å². The Labute approximate surface area is 106 Å². The molecule has 0 aliphatic rings. The second-order valence-corrected chi connectivity index (χ2v) is 3.33. The number of nitrogens with zero attached hydrogens (tertiary/aromatic N) is 3. The first-order valence-electron chi connectivity index (χ1n) is 4.90. The Hall–Kier alpha value is -2.80. The highest BCUT2D eigenvalue weighted by atomic mass is 19.4. The van der Waals surface area contributed by atoms with Crippen LogP contribution in [0.1, 0.15) is 11.1 Å². The van der Waals surface area contributed by atoms with E-state index in [1.54, 1.807) is 0 Å². The van der Waals surface area contributed by atoms with Crippen LogP contribution < -0.4 is 5.73 Å². The molecule has 0 saturated carbocycles. The summed E-state index contributed by atoms with van der Waals surface area (Å²) in [5.74, 6) is 0. The van der Waals surface area contributed by atoms with Crippen molar-refractivity contribution in [2.45, 2.75) is 6.18 Å². The van der Waals surface area contributed by atoms with Gasteiger partial charge in [-0.2, -0.15) is 23.7 Å². The number of aliphatic imine (C=N–C) groups is 1. The van der Waals surface area contributed by atoms with Gasteiger partial charge < -0.3 is 5.73 Å². The summed E-state index contributed by atoms with van der Waals surface area (Å²) in [5.41, 5.74) is 3.19. The lowest BCUT2D eigenvalue weighted by Gasteiger charge is -2.08. The fourth-order valence-electron chi connectivity index (χ4n) is 1.21. The maximum absolute atomic E-state index is 12.7. The van der Waals surface area contributed by atoms with Crippen LogP contribution in [-0.4, -0.2) is 6.21 Å². The highest BCUT2D eigenvalue weighted by molar-refractivity contribution is 5.83. The molecule has 0 aliphatic heterocycles. The van der Waals surface area contributed by atoms with Crippen molar-refractivity contribution >= 4 is 6.21 Å². The Balaban J connectivity index is 3.23. The molecule has 1 aromatic carbocycles. The lowest BCUT2D eigenvalue weighted by atomic mass is 10.1. The third-order valence-electron chi connectivity index (χ3n) is 2.08. The number of allylic oxidation sites excluding steroid dienone is 2. The van der Waals surface area contributed by atoms with E-state index in [0.29, 0.717) is 0 Å². The molecule has 0 saturated heterocycles. The quantitative estimate of drug-likeness (QED) is 0.657. The number of hydrogen-bond acceptors (Lipinski definition) is 4. The van der Waals surface area contributed by atoms with Crippen LogP contribution in [0.5, 0.6) is 0 Å². The van der Waals surface area contributed by atoms with Gasteiger partial charge in [-0.25, -0.2) is 4.99 Å². The molecular formula is C12H7F3N4. The molecule has 0 aromatic heterocycles. The van der Waals surface area contributed by atoms with Crippen molar-refractivity contribution < 1.29 is 13.2 Å². The molecule has 0 atom stereocenters. The van der Waals surface area contributed by atoms with Crippen LogP contribution >= 0.6 is 0 Å². The molecule has 0 aliphatic carbocycles. The van der Waals surface area contributed by atoms with Gasteiger partial charge in [0.2, 0.25) is 0 Å². The Morgan fingerprint density at radius 1 is 1.21 bits per heavy atom. The average molecular weight is 264 g/mol. The third kappa shape index (κ3) is 3.58. The molecule has 0 bridgehead atoms. The molecule has 96 valence electrons. The van der Waals surface area contributed by atoms with E-state index in [-0.39, 0.29) is 5.56 Å². The first kappa shape index (κ1) is 14.3. The minimum absolute atomic E-state index is 0.214. The molecular weight excluding hydrogens is 257 g/mol. The molecule has 0 unspecified atom stereocenters. The van der Waals surface area contributed by atoms with Gasteiger partial charge in [-0.15, -0.1) is 0 Å². The fourth-order valence-corrected chi connectivity index (χ4v) is 1.21. The summed E-state index contributed by atoms with van der Waals surface area (Å²) in [5, 5.41) is 17.1. The van der Waals surface area contributed by atoms with Crippen LogP contribution in [-0.2, 0) is 6.18 Å². The van der Waals surface area contributed by atoms with Gasteiger partial charge >= 0.3 is 6.18 Å². The fraction of sp³-hybridized carbons (Fsp3) is 0.0833. The zero-order valence-corrected chi connectivity index (χ0v) is 9.44. The summed E-state index contributed by atoms with van der Waals surface area (Å²) in [6.07, 6.45) is -3.68. The first-order chi connectivity index (χ1) is 8.90. The predicted octanol–water partition coefficient (Wildman–Crippen LogP) is 2.34. The number of rotatable bonds is 2. The molecule has 19 heavy (non-hydrogen) atoms. The Bertz CT molecular complexity index is 615. The van der Waals surface area contributed by atoms with Gasteiger partial charge in [0.25, 0.3) is 0 Å². The van der Waals surface area contributed by atoms with E-state index in [4.69, 9.17) is 16.3 Å². The van der Waals surface area contributed by atoms with E-state index < -0.39 is 23.1 Å². The topological polar surface area (TPSA) is 86.0 Å². The predicted molar refractivity (Wildman–Crippen MR) is 61.5 cm³/mol. The summed E-state index contributed by atoms with van der Waals surface area (Å²) in [6.45, 7) is 0. The van der Waals surface area contributed by atoms with Crippen molar-refractivity contribution in [3.8, 4) is 12.1 Å². The van der Waals surface area contributed by atoms with Crippen molar-refractivity contribution in [3.05, 3.63) is 46.8 Å². The molecule has 2 N–H and O–H groups in total. The number of halogens is 3. The third-order valence-corrected chi connectivity index (χ3v) is 2.08. The monoisotopic (exact) mass is 264 g/mol. The normalized spacial score (nSPS) is 12.7. The van der Waals surface area contributed by atoms with Gasteiger partial charge in [0.15, 0.2) is 5.70 Å². The van der Waals surface area contributed by atoms with Gasteiger partial charge in [0.05, 0.1) is 5.56 Å². The van der Waals surface area contributed by atoms with Crippen molar-refractivity contribution in [2.75, 3.05) is 0 Å². The first-order valence-corrected chi connectivity index (χ1v) is 4.90. The van der Waals surface area contributed by atoms with Crippen molar-refractivity contribution in [2.24, 2.45) is 10.7 Å². The number of nitrogens with two attached hydrogens (primary N) is 1. The molecule has 1 rings (SSSR count). The molecule has 7 heteroatoms. The van der Waals surface area contributed by atoms with Crippen LogP contribution in [0.25, 0.3) is 0 Å². The molecule has 0 amide bonds. The lowest BCUT2D eigenvalue weighted by Crippen LogP contribution is -2.08. The van der Waals surface area contributed by atoms with Gasteiger partial charge in [-0.05, 0) is 6.07 Å². The van der Waals surface area contributed by atoms with Crippen LogP contribution in [0.2, 0.25) is 0 Å². The Morgan fingerprint density at radius 3 is 2.37 bits per heavy atom. The summed E-state index contributed by atoms with van der Waals surface area (Å²) >= 11 is 0. The molecule has 0 spiro atoms. The van der Waals surface area contributed by atoms with Gasteiger partial charge in [-0.3, -0.25) is 0 Å². The summed E-state index contributed by atoms with van der Waals surface area (Å²) in [7, 11) is 0. The molecule has 1 aromatic rings. The molecule has 4 nitrogen and oxygen atoms in total. The summed E-state index contributed by atoms with van der Waals surface area (Å²) < 4.78 is 38.0. The Morgan fingerprint density at radius 2 is 1.84 bits per heavy atom. The second kappa shape index (κ2) is 5.69. The Kier molecular flexibility index (Phi) is 4.27. The maximum atomic E-state index is 12.7. The molecule has 0 radical (unpaired) electrons. The highest BCUT2D eigenvalue weighted by Crippen LogP contribution is 2.31. The van der Waals surface area contributed by atoms with E-state index in [2.05, 4.69) is 4.99 Å². The summed E-state index contributed by atoms with van der Waals surface area (Å²) in [4.78, 5) is 3.50. The number of nitriles is 2. The zero-order chi connectivity index (χ0) is 14.5. The van der Waals surface area contributed by atoms with Crippen LogP contribution in [0.4, 0.5) is 13.2 Å². The van der Waals surface area contributed by atoms with Gasteiger partial charge in [0.1, 0.15) is 17.8 Å². The largest absolute Gasteiger partial charge is 0.417 e. The second-order valence-electron chi connectivity index (χ2n) is 3.33. The zero-order valence-electron chi connectivity index (χ0n) is 9.44. The summed E-state index contributed by atoms with van der Waals surface area (Å²) in [6, 6.07) is 7.77. The number of alkyl halides is 3. The number of hydrogen-bond donors (Lipinski definition) is 1. The van der Waals surface area contributed by atoms with E-state index >= 15 is 0 Å². The SMILES string of the molecule is N#C/C(N)=C(C#N)\N=C\c1ccccc1C(F)(F)F. The standard InChI is InChI=1S/C12H7F3N4/c13-12(14,15)9-4-2-1-3-8(9)7-19-11(6-17)10(18)5-16/h1-4,7H,18H2/b11-10+,19-7+. The van der Waals surface area contributed by atoms with Crippen molar-refractivity contribution in [1.82, 2.24) is 0 Å². The van der Waals surface area contributed by atoms with E-state index in [1.165, 1.54) is 30.3 Å². The maximum Gasteiger partial charge on any atom is 0.417 e. The van der Waals surface area contributed by atoms with Crippen LogP contribution in [0, 0.1) is 22.7 Å². The van der Waals surface area contributed by atoms with Crippen molar-refractivity contribution in [3.63, 3.8) is 0 Å². The average Bonchev–Trinajstić information content (AvgIpc) is 2.38. The van der Waals surface area contributed by atoms with Crippen LogP contribution in [0.15, 0.2) is 40.7 Å². The van der Waals surface area contributed by atoms with E-state index in [9.17, 15) is 13.2 Å². The van der Waals surface area contributed by atoms with Crippen molar-refractivity contribution in [1.29, 1.82) is 10.5 Å². The van der Waals surface area contributed by atoms with Crippen LogP contribution in [0.3, 0.4) is 0 Å². The minimum atomic E-state index is -4.53. The van der Waals surface area contributed by atoms with Gasteiger partial charge in [-0.1, -0.05) is 18.2 Å². The minimum Gasteiger partial charge on any atom is -0.388 e. The molecule has 0 heterocycles. The lowest BCUT2D eigenvalue weighted by molar-refractivity contribution is -0.137. The smallest absolute Gasteiger partial charge is 0.388 e.